The molecule has 0 amide bonds. The van der Waals surface area contributed by atoms with Crippen LogP contribution in [0.2, 0.25) is 0 Å². The SMILES string of the molecule is O=C(CCCCCCCCC(=O)ON1CCCCC1)ON1CCCCC1. The summed E-state index contributed by atoms with van der Waals surface area (Å²) < 4.78 is 0. The highest BCUT2D eigenvalue weighted by Crippen LogP contribution is 2.13. The topological polar surface area (TPSA) is 59.1 Å². The summed E-state index contributed by atoms with van der Waals surface area (Å²) in [4.78, 5) is 34.3. The summed E-state index contributed by atoms with van der Waals surface area (Å²) >= 11 is 0. The van der Waals surface area contributed by atoms with Gasteiger partial charge in [-0.1, -0.05) is 38.5 Å². The van der Waals surface area contributed by atoms with Crippen LogP contribution >= 0.6 is 0 Å². The molecule has 6 heteroatoms. The van der Waals surface area contributed by atoms with Crippen molar-refractivity contribution in [1.29, 1.82) is 0 Å². The monoisotopic (exact) mass is 368 g/mol. The van der Waals surface area contributed by atoms with E-state index >= 15 is 0 Å². The zero-order chi connectivity index (χ0) is 18.5. The van der Waals surface area contributed by atoms with Crippen LogP contribution in [0.3, 0.4) is 0 Å². The van der Waals surface area contributed by atoms with Gasteiger partial charge in [-0.25, -0.2) is 0 Å². The number of hydrogen-bond acceptors (Lipinski definition) is 6. The third kappa shape index (κ3) is 9.53. The fraction of sp³-hybridized carbons (Fsp3) is 0.900. The molecule has 0 atom stereocenters. The van der Waals surface area contributed by atoms with E-state index in [-0.39, 0.29) is 11.9 Å². The number of hydrogen-bond donors (Lipinski definition) is 0. The predicted octanol–water partition coefficient (Wildman–Crippen LogP) is 4.00. The maximum Gasteiger partial charge on any atom is 0.325 e. The number of unbranched alkanes of at least 4 members (excludes halogenated alkanes) is 5. The summed E-state index contributed by atoms with van der Waals surface area (Å²) in [7, 11) is 0. The first kappa shape index (κ1) is 21.2. The van der Waals surface area contributed by atoms with E-state index in [0.717, 1.165) is 90.4 Å². The lowest BCUT2D eigenvalue weighted by Crippen LogP contribution is -2.32. The molecular weight excluding hydrogens is 332 g/mol. The second kappa shape index (κ2) is 13.1. The molecule has 2 fully saturated rings. The Kier molecular flexibility index (Phi) is 10.7. The highest BCUT2D eigenvalue weighted by atomic mass is 16.7. The highest BCUT2D eigenvalue weighted by molar-refractivity contribution is 5.69. The largest absolute Gasteiger partial charge is 0.368 e. The Morgan fingerprint density at radius 1 is 0.538 bits per heavy atom. The van der Waals surface area contributed by atoms with Gasteiger partial charge in [-0.05, 0) is 38.5 Å². The van der Waals surface area contributed by atoms with Crippen molar-refractivity contribution in [3.05, 3.63) is 0 Å². The van der Waals surface area contributed by atoms with E-state index in [1.807, 2.05) is 10.1 Å². The lowest BCUT2D eigenvalue weighted by molar-refractivity contribution is -0.195. The number of piperidine rings is 2. The third-order valence-electron chi connectivity index (χ3n) is 5.10. The molecule has 0 aromatic carbocycles. The third-order valence-corrected chi connectivity index (χ3v) is 5.10. The number of carbonyl (C=O) groups excluding carboxylic acids is 2. The fourth-order valence-corrected chi connectivity index (χ4v) is 3.54. The van der Waals surface area contributed by atoms with Crippen molar-refractivity contribution >= 4 is 11.9 Å². The van der Waals surface area contributed by atoms with Crippen molar-refractivity contribution in [1.82, 2.24) is 10.1 Å². The molecule has 150 valence electrons. The van der Waals surface area contributed by atoms with Gasteiger partial charge in [0.1, 0.15) is 0 Å². The summed E-state index contributed by atoms with van der Waals surface area (Å²) in [5.74, 6) is -0.181. The van der Waals surface area contributed by atoms with Crippen molar-refractivity contribution in [2.24, 2.45) is 0 Å². The number of carbonyl (C=O) groups is 2. The van der Waals surface area contributed by atoms with Gasteiger partial charge in [0.15, 0.2) is 0 Å². The summed E-state index contributed by atoms with van der Waals surface area (Å²) in [6.07, 6.45) is 14.1. The summed E-state index contributed by atoms with van der Waals surface area (Å²) in [6.45, 7) is 3.52. The molecule has 0 radical (unpaired) electrons. The van der Waals surface area contributed by atoms with Crippen molar-refractivity contribution in [3.63, 3.8) is 0 Å². The maximum atomic E-state index is 11.8. The Balaban J connectivity index is 1.36. The molecule has 6 nitrogen and oxygen atoms in total. The molecule has 26 heavy (non-hydrogen) atoms. The fourth-order valence-electron chi connectivity index (χ4n) is 3.54. The van der Waals surface area contributed by atoms with Crippen LogP contribution < -0.4 is 0 Å². The molecule has 2 aliphatic heterocycles. The van der Waals surface area contributed by atoms with Crippen molar-refractivity contribution in [2.45, 2.75) is 89.9 Å². The minimum atomic E-state index is -0.0904. The molecule has 2 heterocycles. The number of hydroxylamine groups is 4. The van der Waals surface area contributed by atoms with Gasteiger partial charge in [0.2, 0.25) is 0 Å². The molecule has 2 saturated heterocycles. The van der Waals surface area contributed by atoms with E-state index in [1.165, 1.54) is 12.8 Å². The second-order valence-corrected chi connectivity index (χ2v) is 7.53. The van der Waals surface area contributed by atoms with Gasteiger partial charge in [-0.2, -0.15) is 0 Å². The summed E-state index contributed by atoms with van der Waals surface area (Å²) in [5.41, 5.74) is 0. The van der Waals surface area contributed by atoms with E-state index in [2.05, 4.69) is 0 Å². The van der Waals surface area contributed by atoms with Crippen LogP contribution in [0, 0.1) is 0 Å². The molecule has 0 aromatic heterocycles. The Labute approximate surface area is 158 Å². The molecule has 0 bridgehead atoms. The molecule has 0 N–H and O–H groups in total. The van der Waals surface area contributed by atoms with E-state index in [0.29, 0.717) is 12.8 Å². The molecule has 0 aromatic rings. The quantitative estimate of drug-likeness (QED) is 0.514. The first-order valence-corrected chi connectivity index (χ1v) is 10.7. The van der Waals surface area contributed by atoms with Crippen LogP contribution in [-0.2, 0) is 19.3 Å². The first-order valence-electron chi connectivity index (χ1n) is 10.7. The molecule has 0 aliphatic carbocycles. The Bertz CT molecular complexity index is 367. The Morgan fingerprint density at radius 2 is 0.885 bits per heavy atom. The van der Waals surface area contributed by atoms with E-state index < -0.39 is 0 Å². The minimum Gasteiger partial charge on any atom is -0.368 e. The Morgan fingerprint density at radius 3 is 1.27 bits per heavy atom. The van der Waals surface area contributed by atoms with Crippen molar-refractivity contribution in [2.75, 3.05) is 26.2 Å². The van der Waals surface area contributed by atoms with Gasteiger partial charge in [0.25, 0.3) is 0 Å². The molecule has 0 spiro atoms. The van der Waals surface area contributed by atoms with Crippen LogP contribution in [0.15, 0.2) is 0 Å². The van der Waals surface area contributed by atoms with Crippen LogP contribution in [0.1, 0.15) is 89.9 Å². The molecular formula is C20H36N2O4. The summed E-state index contributed by atoms with van der Waals surface area (Å²) in [5, 5.41) is 3.63. The zero-order valence-electron chi connectivity index (χ0n) is 16.3. The molecule has 2 rings (SSSR count). The van der Waals surface area contributed by atoms with Gasteiger partial charge in [-0.15, -0.1) is 10.1 Å². The van der Waals surface area contributed by atoms with Gasteiger partial charge >= 0.3 is 11.9 Å². The van der Waals surface area contributed by atoms with Gasteiger partial charge in [-0.3, -0.25) is 9.59 Å². The van der Waals surface area contributed by atoms with Crippen LogP contribution in [0.5, 0.6) is 0 Å². The average Bonchev–Trinajstić information content (AvgIpc) is 2.65. The number of rotatable bonds is 11. The van der Waals surface area contributed by atoms with Gasteiger partial charge in [0, 0.05) is 39.0 Å². The molecule has 0 unspecified atom stereocenters. The molecule has 2 aliphatic rings. The minimum absolute atomic E-state index is 0.0904. The van der Waals surface area contributed by atoms with Crippen molar-refractivity contribution in [3.8, 4) is 0 Å². The smallest absolute Gasteiger partial charge is 0.325 e. The zero-order valence-corrected chi connectivity index (χ0v) is 16.3. The van der Waals surface area contributed by atoms with Gasteiger partial charge in [0.05, 0.1) is 0 Å². The van der Waals surface area contributed by atoms with Crippen molar-refractivity contribution < 1.29 is 19.3 Å². The average molecular weight is 369 g/mol. The van der Waals surface area contributed by atoms with Crippen LogP contribution in [0.25, 0.3) is 0 Å². The normalized spacial score (nSPS) is 19.2. The van der Waals surface area contributed by atoms with Crippen LogP contribution in [0.4, 0.5) is 0 Å². The standard InChI is InChI=1S/C20H36N2O4/c23-19(25-21-15-9-5-10-16-21)13-7-3-1-2-4-8-14-20(24)26-22-17-11-6-12-18-22/h1-18H2. The summed E-state index contributed by atoms with van der Waals surface area (Å²) in [6, 6.07) is 0. The first-order chi connectivity index (χ1) is 12.7. The van der Waals surface area contributed by atoms with E-state index in [4.69, 9.17) is 9.68 Å². The molecule has 0 saturated carbocycles. The Hall–Kier alpha value is -1.14. The number of nitrogens with zero attached hydrogens (tertiary/aromatic N) is 2. The van der Waals surface area contributed by atoms with E-state index in [1.54, 1.807) is 0 Å². The predicted molar refractivity (Wildman–Crippen MR) is 100.0 cm³/mol. The van der Waals surface area contributed by atoms with Gasteiger partial charge < -0.3 is 9.68 Å². The second-order valence-electron chi connectivity index (χ2n) is 7.53. The lowest BCUT2D eigenvalue weighted by Gasteiger charge is -2.24. The lowest BCUT2D eigenvalue weighted by atomic mass is 10.1. The maximum absolute atomic E-state index is 11.8. The highest BCUT2D eigenvalue weighted by Gasteiger charge is 2.15. The van der Waals surface area contributed by atoms with Crippen LogP contribution in [-0.4, -0.2) is 48.2 Å². The van der Waals surface area contributed by atoms with E-state index in [9.17, 15) is 9.59 Å².